The molecule has 16 heavy (non-hydrogen) atoms. The second-order valence-corrected chi connectivity index (χ2v) is 3.16. The minimum Gasteiger partial charge on any atom is -0.377 e. The van der Waals surface area contributed by atoms with Crippen LogP contribution in [0.15, 0.2) is 24.8 Å². The first-order valence-electron chi connectivity index (χ1n) is 6.05. The van der Waals surface area contributed by atoms with Crippen LogP contribution >= 0.6 is 0 Å². The third kappa shape index (κ3) is 5.59. The van der Waals surface area contributed by atoms with Gasteiger partial charge in [0.25, 0.3) is 0 Å². The summed E-state index contributed by atoms with van der Waals surface area (Å²) in [5.74, 6) is 0. The molecule has 92 valence electrons. The first kappa shape index (κ1) is 17.2. The quantitative estimate of drug-likeness (QED) is 0.696. The number of nitrogens with zero attached hydrogens (tertiary/aromatic N) is 1. The maximum Gasteiger partial charge on any atom is 0.0434 e. The van der Waals surface area contributed by atoms with Gasteiger partial charge in [-0.3, -0.25) is 0 Å². The van der Waals surface area contributed by atoms with E-state index >= 15 is 0 Å². The van der Waals surface area contributed by atoms with E-state index in [1.54, 1.807) is 0 Å². The van der Waals surface area contributed by atoms with Gasteiger partial charge in [-0.2, -0.15) is 0 Å². The van der Waals surface area contributed by atoms with Crippen molar-refractivity contribution in [3.63, 3.8) is 0 Å². The summed E-state index contributed by atoms with van der Waals surface area (Å²) >= 11 is 0. The van der Waals surface area contributed by atoms with Crippen LogP contribution < -0.4 is 4.90 Å². The molecular weight excluding hydrogens is 194 g/mol. The standard InChI is InChI=1S/C11H15N.2C2H6/c1-5-10-8-9(2)6-7-11(10)12(3)4;2*1-2/h5-8H,1H2,2-4H3;2*1-2H3. The fourth-order valence-electron chi connectivity index (χ4n) is 1.24. The molecule has 0 aliphatic heterocycles. The molecule has 0 amide bonds. The van der Waals surface area contributed by atoms with Crippen molar-refractivity contribution >= 4 is 11.8 Å². The van der Waals surface area contributed by atoms with Crippen molar-refractivity contribution in [1.82, 2.24) is 0 Å². The second-order valence-electron chi connectivity index (χ2n) is 3.16. The fourth-order valence-corrected chi connectivity index (χ4v) is 1.24. The van der Waals surface area contributed by atoms with E-state index in [4.69, 9.17) is 0 Å². The molecule has 0 saturated heterocycles. The van der Waals surface area contributed by atoms with E-state index in [1.165, 1.54) is 16.8 Å². The van der Waals surface area contributed by atoms with Gasteiger partial charge in [0.2, 0.25) is 0 Å². The van der Waals surface area contributed by atoms with Crippen LogP contribution in [0.2, 0.25) is 0 Å². The zero-order valence-electron chi connectivity index (χ0n) is 12.0. The number of hydrogen-bond acceptors (Lipinski definition) is 1. The highest BCUT2D eigenvalue weighted by atomic mass is 15.1. The van der Waals surface area contributed by atoms with Crippen LogP contribution in [0.5, 0.6) is 0 Å². The van der Waals surface area contributed by atoms with Crippen molar-refractivity contribution in [1.29, 1.82) is 0 Å². The predicted molar refractivity (Wildman–Crippen MR) is 78.3 cm³/mol. The highest BCUT2D eigenvalue weighted by Crippen LogP contribution is 2.20. The molecule has 0 aliphatic rings. The summed E-state index contributed by atoms with van der Waals surface area (Å²) in [6.07, 6.45) is 1.89. The van der Waals surface area contributed by atoms with Gasteiger partial charge in [0.1, 0.15) is 0 Å². The van der Waals surface area contributed by atoms with Crippen LogP contribution in [0, 0.1) is 6.92 Å². The minimum absolute atomic E-state index is 1.19. The van der Waals surface area contributed by atoms with Crippen molar-refractivity contribution in [3.8, 4) is 0 Å². The predicted octanol–water partition coefficient (Wildman–Crippen LogP) is 4.76. The molecule has 0 bridgehead atoms. The van der Waals surface area contributed by atoms with Crippen LogP contribution in [0.1, 0.15) is 38.8 Å². The summed E-state index contributed by atoms with van der Waals surface area (Å²) in [6, 6.07) is 6.37. The van der Waals surface area contributed by atoms with Gasteiger partial charge in [0.15, 0.2) is 0 Å². The second kappa shape index (κ2) is 10.3. The van der Waals surface area contributed by atoms with E-state index in [1.807, 2.05) is 47.9 Å². The molecule has 0 N–H and O–H groups in total. The Bertz CT molecular complexity index is 287. The maximum absolute atomic E-state index is 3.79. The first-order valence-corrected chi connectivity index (χ1v) is 6.05. The van der Waals surface area contributed by atoms with Gasteiger partial charge in [-0.05, 0) is 24.6 Å². The highest BCUT2D eigenvalue weighted by molar-refractivity contribution is 5.67. The molecular formula is C15H27N. The molecule has 0 saturated carbocycles. The van der Waals surface area contributed by atoms with Gasteiger partial charge in [0.05, 0.1) is 0 Å². The van der Waals surface area contributed by atoms with Gasteiger partial charge in [-0.1, -0.05) is 52.0 Å². The van der Waals surface area contributed by atoms with Gasteiger partial charge < -0.3 is 4.90 Å². The molecule has 0 aromatic heterocycles. The number of hydrogen-bond donors (Lipinski definition) is 0. The van der Waals surface area contributed by atoms with E-state index in [-0.39, 0.29) is 0 Å². The molecule has 1 nitrogen and oxygen atoms in total. The molecule has 1 aromatic carbocycles. The zero-order chi connectivity index (χ0) is 13.1. The van der Waals surface area contributed by atoms with Crippen LogP contribution in [0.25, 0.3) is 6.08 Å². The lowest BCUT2D eigenvalue weighted by Crippen LogP contribution is -2.09. The van der Waals surface area contributed by atoms with E-state index in [0.717, 1.165) is 0 Å². The maximum atomic E-state index is 3.79. The van der Waals surface area contributed by atoms with Crippen LogP contribution in [-0.4, -0.2) is 14.1 Å². The molecule has 0 heterocycles. The highest BCUT2D eigenvalue weighted by Gasteiger charge is 1.99. The third-order valence-corrected chi connectivity index (χ3v) is 1.88. The lowest BCUT2D eigenvalue weighted by atomic mass is 10.1. The summed E-state index contributed by atoms with van der Waals surface area (Å²) in [7, 11) is 4.08. The largest absolute Gasteiger partial charge is 0.377 e. The molecule has 0 unspecified atom stereocenters. The minimum atomic E-state index is 1.19. The summed E-state index contributed by atoms with van der Waals surface area (Å²) in [5, 5.41) is 0. The van der Waals surface area contributed by atoms with Gasteiger partial charge in [0, 0.05) is 19.8 Å². The Morgan fingerprint density at radius 3 is 1.94 bits per heavy atom. The average molecular weight is 221 g/mol. The Morgan fingerprint density at radius 2 is 1.56 bits per heavy atom. The smallest absolute Gasteiger partial charge is 0.0434 e. The van der Waals surface area contributed by atoms with Crippen molar-refractivity contribution in [2.75, 3.05) is 19.0 Å². The SMILES string of the molecule is C=Cc1cc(C)ccc1N(C)C.CC.CC. The Hall–Kier alpha value is -1.24. The van der Waals surface area contributed by atoms with Crippen molar-refractivity contribution < 1.29 is 0 Å². The van der Waals surface area contributed by atoms with E-state index < -0.39 is 0 Å². The summed E-state index contributed by atoms with van der Waals surface area (Å²) in [5.41, 5.74) is 3.69. The lowest BCUT2D eigenvalue weighted by molar-refractivity contribution is 1.13. The van der Waals surface area contributed by atoms with Gasteiger partial charge in [-0.15, -0.1) is 0 Å². The molecule has 1 rings (SSSR count). The molecule has 0 aliphatic carbocycles. The molecule has 1 heteroatoms. The van der Waals surface area contributed by atoms with Gasteiger partial charge >= 0.3 is 0 Å². The lowest BCUT2D eigenvalue weighted by Gasteiger charge is -2.15. The molecule has 0 fully saturated rings. The van der Waals surface area contributed by atoms with Crippen LogP contribution in [0.4, 0.5) is 5.69 Å². The van der Waals surface area contributed by atoms with Crippen LogP contribution in [-0.2, 0) is 0 Å². The van der Waals surface area contributed by atoms with Crippen molar-refractivity contribution in [2.24, 2.45) is 0 Å². The average Bonchev–Trinajstić information content (AvgIpc) is 2.33. The fraction of sp³-hybridized carbons (Fsp3) is 0.467. The molecule has 0 spiro atoms. The van der Waals surface area contributed by atoms with E-state index in [0.29, 0.717) is 0 Å². The first-order chi connectivity index (χ1) is 7.65. The number of aryl methyl sites for hydroxylation is 1. The molecule has 0 atom stereocenters. The molecule has 1 aromatic rings. The zero-order valence-corrected chi connectivity index (χ0v) is 12.0. The Labute approximate surface area is 102 Å². The Kier molecular flexibility index (Phi) is 11.0. The summed E-state index contributed by atoms with van der Waals surface area (Å²) < 4.78 is 0. The number of anilines is 1. The number of rotatable bonds is 2. The monoisotopic (exact) mass is 221 g/mol. The molecule has 0 radical (unpaired) electrons. The summed E-state index contributed by atoms with van der Waals surface area (Å²) in [6.45, 7) is 13.9. The van der Waals surface area contributed by atoms with Crippen LogP contribution in [0.3, 0.4) is 0 Å². The number of benzene rings is 1. The normalized spacial score (nSPS) is 7.94. The van der Waals surface area contributed by atoms with Crippen molar-refractivity contribution in [2.45, 2.75) is 34.6 Å². The Morgan fingerprint density at radius 1 is 1.06 bits per heavy atom. The summed E-state index contributed by atoms with van der Waals surface area (Å²) in [4.78, 5) is 2.09. The van der Waals surface area contributed by atoms with Crippen molar-refractivity contribution in [3.05, 3.63) is 35.9 Å². The van der Waals surface area contributed by atoms with E-state index in [9.17, 15) is 0 Å². The van der Waals surface area contributed by atoms with Gasteiger partial charge in [-0.25, -0.2) is 0 Å². The Balaban J connectivity index is 0. The third-order valence-electron chi connectivity index (χ3n) is 1.88. The van der Waals surface area contributed by atoms with E-state index in [2.05, 4.69) is 36.6 Å². The topological polar surface area (TPSA) is 3.24 Å².